The Morgan fingerprint density at radius 3 is 2.70 bits per heavy atom. The van der Waals surface area contributed by atoms with Gasteiger partial charge < -0.3 is 4.74 Å². The smallest absolute Gasteiger partial charge is 0.412 e. The Hall–Kier alpha value is -2.13. The maximum absolute atomic E-state index is 11.8. The third kappa shape index (κ3) is 4.86. The van der Waals surface area contributed by atoms with Crippen LogP contribution in [0.3, 0.4) is 0 Å². The minimum atomic E-state index is -0.715. The van der Waals surface area contributed by atoms with Gasteiger partial charge in [-0.1, -0.05) is 11.6 Å². The van der Waals surface area contributed by atoms with E-state index in [-0.39, 0.29) is 22.8 Å². The van der Waals surface area contributed by atoms with Crippen LogP contribution in [0.5, 0.6) is 0 Å². The number of carbonyl (C=O) groups excluding carboxylic acids is 2. The van der Waals surface area contributed by atoms with Crippen LogP contribution in [0.1, 0.15) is 37.6 Å². The van der Waals surface area contributed by atoms with Crippen molar-refractivity contribution in [3.8, 4) is 6.07 Å². The second kappa shape index (κ2) is 6.35. The molecule has 0 aliphatic heterocycles. The summed E-state index contributed by atoms with van der Waals surface area (Å²) in [4.78, 5) is 27.3. The summed E-state index contributed by atoms with van der Waals surface area (Å²) >= 11 is 5.71. The Balaban J connectivity index is 2.98. The molecular weight excluding hydrogens is 282 g/mol. The molecule has 0 radical (unpaired) electrons. The van der Waals surface area contributed by atoms with Gasteiger partial charge in [0.25, 0.3) is 0 Å². The number of nitrogens with one attached hydrogen (secondary N) is 1. The van der Waals surface area contributed by atoms with Gasteiger partial charge in [0.05, 0.1) is 24.4 Å². The van der Waals surface area contributed by atoms with Crippen molar-refractivity contribution in [1.29, 1.82) is 5.26 Å². The normalized spacial score (nSPS) is 10.6. The van der Waals surface area contributed by atoms with E-state index in [0.717, 1.165) is 0 Å². The zero-order valence-corrected chi connectivity index (χ0v) is 12.1. The van der Waals surface area contributed by atoms with Crippen molar-refractivity contribution in [2.24, 2.45) is 0 Å². The van der Waals surface area contributed by atoms with Gasteiger partial charge >= 0.3 is 6.09 Å². The Bertz CT molecular complexity index is 573. The lowest BCUT2D eigenvalue weighted by Gasteiger charge is -2.20. The Kier molecular flexibility index (Phi) is 5.06. The number of hydrogen-bond donors (Lipinski definition) is 1. The van der Waals surface area contributed by atoms with E-state index >= 15 is 0 Å². The summed E-state index contributed by atoms with van der Waals surface area (Å²) in [5, 5.41) is 11.1. The molecule has 0 bridgehead atoms. The van der Waals surface area contributed by atoms with E-state index in [0.29, 0.717) is 0 Å². The van der Waals surface area contributed by atoms with E-state index < -0.39 is 17.5 Å². The molecule has 7 heteroatoms. The van der Waals surface area contributed by atoms with Crippen LogP contribution < -0.4 is 5.32 Å². The van der Waals surface area contributed by atoms with Gasteiger partial charge in [0.15, 0.2) is 5.78 Å². The number of nitriles is 1. The number of aromatic nitrogens is 1. The number of hydrogen-bond acceptors (Lipinski definition) is 5. The molecule has 0 saturated heterocycles. The van der Waals surface area contributed by atoms with Crippen molar-refractivity contribution < 1.29 is 14.3 Å². The summed E-state index contributed by atoms with van der Waals surface area (Å²) in [5.41, 5.74) is -0.387. The Labute approximate surface area is 121 Å². The molecule has 106 valence electrons. The first kappa shape index (κ1) is 15.9. The van der Waals surface area contributed by atoms with Gasteiger partial charge in [0, 0.05) is 5.56 Å². The van der Waals surface area contributed by atoms with Crippen LogP contribution in [0.4, 0.5) is 10.5 Å². The highest BCUT2D eigenvalue weighted by molar-refractivity contribution is 6.30. The molecule has 1 amide bonds. The maximum Gasteiger partial charge on any atom is 0.412 e. The van der Waals surface area contributed by atoms with Crippen molar-refractivity contribution in [3.63, 3.8) is 0 Å². The standard InChI is InChI=1S/C13H14ClN3O3/c1-13(2,3)20-12(19)17-9-7-16-11(14)6-8(9)10(18)4-5-15/h6-7H,4H2,1-3H3,(H,17,19). The average molecular weight is 296 g/mol. The highest BCUT2D eigenvalue weighted by Gasteiger charge is 2.19. The zero-order chi connectivity index (χ0) is 15.3. The van der Waals surface area contributed by atoms with Crippen molar-refractivity contribution >= 4 is 29.2 Å². The fourth-order valence-electron chi connectivity index (χ4n) is 1.34. The number of ether oxygens (including phenoxy) is 1. The van der Waals surface area contributed by atoms with Gasteiger partial charge in [0.2, 0.25) is 0 Å². The predicted octanol–water partition coefficient (Wildman–Crippen LogP) is 3.18. The predicted molar refractivity (Wildman–Crippen MR) is 73.7 cm³/mol. The number of nitrogens with zero attached hydrogens (tertiary/aromatic N) is 2. The lowest BCUT2D eigenvalue weighted by molar-refractivity contribution is 0.0636. The molecule has 0 spiro atoms. The Morgan fingerprint density at radius 2 is 2.15 bits per heavy atom. The highest BCUT2D eigenvalue weighted by atomic mass is 35.5. The Morgan fingerprint density at radius 1 is 1.50 bits per heavy atom. The molecule has 0 unspecified atom stereocenters. The summed E-state index contributed by atoms with van der Waals surface area (Å²) in [6.45, 7) is 5.15. The minimum absolute atomic E-state index is 0.0982. The van der Waals surface area contributed by atoms with Crippen LogP contribution in [0.25, 0.3) is 0 Å². The van der Waals surface area contributed by atoms with Crippen molar-refractivity contribution in [2.45, 2.75) is 32.8 Å². The molecule has 0 atom stereocenters. The van der Waals surface area contributed by atoms with Gasteiger partial charge in [-0.15, -0.1) is 0 Å². The molecule has 0 aliphatic rings. The zero-order valence-electron chi connectivity index (χ0n) is 11.4. The largest absolute Gasteiger partial charge is 0.444 e. The monoisotopic (exact) mass is 295 g/mol. The van der Waals surface area contributed by atoms with Crippen molar-refractivity contribution in [2.75, 3.05) is 5.32 Å². The van der Waals surface area contributed by atoms with E-state index in [1.54, 1.807) is 26.8 Å². The molecule has 1 N–H and O–H groups in total. The van der Waals surface area contributed by atoms with Gasteiger partial charge in [0.1, 0.15) is 10.8 Å². The fourth-order valence-corrected chi connectivity index (χ4v) is 1.50. The number of rotatable bonds is 3. The second-order valence-corrected chi connectivity index (χ2v) is 5.32. The molecule has 0 saturated carbocycles. The lowest BCUT2D eigenvalue weighted by atomic mass is 10.1. The third-order valence-corrected chi connectivity index (χ3v) is 2.25. The topological polar surface area (TPSA) is 92.1 Å². The SMILES string of the molecule is CC(C)(C)OC(=O)Nc1cnc(Cl)cc1C(=O)CC#N. The molecule has 0 aromatic carbocycles. The van der Waals surface area contributed by atoms with Gasteiger partial charge in [-0.2, -0.15) is 5.26 Å². The number of amides is 1. The summed E-state index contributed by atoms with van der Waals surface area (Å²) in [6, 6.07) is 3.05. The number of carbonyl (C=O) groups is 2. The van der Waals surface area contributed by atoms with Crippen LogP contribution in [-0.2, 0) is 4.74 Å². The van der Waals surface area contributed by atoms with Crippen LogP contribution in [-0.4, -0.2) is 22.5 Å². The number of pyridine rings is 1. The number of Topliss-reactive ketones (excluding diaryl/α,β-unsaturated/α-hetero) is 1. The number of anilines is 1. The van der Waals surface area contributed by atoms with E-state index in [9.17, 15) is 9.59 Å². The van der Waals surface area contributed by atoms with E-state index in [1.807, 2.05) is 0 Å². The van der Waals surface area contributed by atoms with Gasteiger partial charge in [-0.3, -0.25) is 10.1 Å². The summed E-state index contributed by atoms with van der Waals surface area (Å²) in [7, 11) is 0. The molecular formula is C13H14ClN3O3. The van der Waals surface area contributed by atoms with Gasteiger partial charge in [-0.05, 0) is 26.8 Å². The van der Waals surface area contributed by atoms with Crippen LogP contribution in [0, 0.1) is 11.3 Å². The first-order valence-electron chi connectivity index (χ1n) is 5.78. The van der Waals surface area contributed by atoms with Gasteiger partial charge in [-0.25, -0.2) is 9.78 Å². The van der Waals surface area contributed by atoms with Crippen molar-refractivity contribution in [3.05, 3.63) is 23.0 Å². The van der Waals surface area contributed by atoms with Crippen LogP contribution in [0.15, 0.2) is 12.3 Å². The molecule has 0 fully saturated rings. The maximum atomic E-state index is 11.8. The number of halogens is 1. The average Bonchev–Trinajstić information content (AvgIpc) is 2.29. The van der Waals surface area contributed by atoms with Crippen LogP contribution in [0.2, 0.25) is 5.15 Å². The summed E-state index contributed by atoms with van der Waals surface area (Å²) < 4.78 is 5.08. The third-order valence-electron chi connectivity index (χ3n) is 2.05. The van der Waals surface area contributed by atoms with E-state index in [4.69, 9.17) is 21.6 Å². The molecule has 1 aromatic rings. The lowest BCUT2D eigenvalue weighted by Crippen LogP contribution is -2.27. The molecule has 6 nitrogen and oxygen atoms in total. The first-order valence-corrected chi connectivity index (χ1v) is 6.16. The molecule has 0 aliphatic carbocycles. The first-order chi connectivity index (χ1) is 9.23. The van der Waals surface area contributed by atoms with E-state index in [2.05, 4.69) is 10.3 Å². The quantitative estimate of drug-likeness (QED) is 0.683. The van der Waals surface area contributed by atoms with Crippen molar-refractivity contribution in [1.82, 2.24) is 4.98 Å². The van der Waals surface area contributed by atoms with E-state index in [1.165, 1.54) is 12.3 Å². The highest BCUT2D eigenvalue weighted by Crippen LogP contribution is 2.20. The molecule has 1 rings (SSSR count). The molecule has 1 heterocycles. The molecule has 1 aromatic heterocycles. The molecule has 20 heavy (non-hydrogen) atoms. The summed E-state index contributed by atoms with van der Waals surface area (Å²) in [5.74, 6) is -0.456. The number of ketones is 1. The summed E-state index contributed by atoms with van der Waals surface area (Å²) in [6.07, 6.45) is 0.216. The minimum Gasteiger partial charge on any atom is -0.444 e. The fraction of sp³-hybridized carbons (Fsp3) is 0.385. The van der Waals surface area contributed by atoms with Crippen LogP contribution >= 0.6 is 11.6 Å². The second-order valence-electron chi connectivity index (χ2n) is 4.94.